The van der Waals surface area contributed by atoms with Gasteiger partial charge >= 0.3 is 0 Å². The zero-order chi connectivity index (χ0) is 8.72. The topological polar surface area (TPSA) is 25.2 Å². The van der Waals surface area contributed by atoms with Gasteiger partial charge in [-0.3, -0.25) is 9.98 Å². The smallest absolute Gasteiger partial charge is 0.0850 e. The van der Waals surface area contributed by atoms with Gasteiger partial charge in [0.2, 0.25) is 0 Å². The molecule has 2 nitrogen and oxygen atoms in total. The zero-order valence-corrected chi connectivity index (χ0v) is 7.68. The molecule has 2 heteroatoms. The Labute approximate surface area is 72.4 Å². The summed E-state index contributed by atoms with van der Waals surface area (Å²) >= 11 is 0. The van der Waals surface area contributed by atoms with E-state index in [-0.39, 0.29) is 0 Å². The zero-order valence-electron chi connectivity index (χ0n) is 7.68. The van der Waals surface area contributed by atoms with Crippen LogP contribution in [0, 0.1) is 13.8 Å². The lowest BCUT2D eigenvalue weighted by molar-refractivity contribution is 1.11. The number of aryl methyl sites for hydroxylation is 1. The van der Waals surface area contributed by atoms with Gasteiger partial charge in [-0.05, 0) is 31.9 Å². The number of hydrogen-bond acceptors (Lipinski definition) is 2. The molecule has 1 aliphatic heterocycles. The third-order valence-electron chi connectivity index (χ3n) is 2.43. The largest absolute Gasteiger partial charge is 0.259 e. The van der Waals surface area contributed by atoms with E-state index in [1.165, 1.54) is 16.8 Å². The molecule has 12 heavy (non-hydrogen) atoms. The van der Waals surface area contributed by atoms with E-state index in [1.807, 2.05) is 13.1 Å². The van der Waals surface area contributed by atoms with Crippen LogP contribution in [0.3, 0.4) is 0 Å². The van der Waals surface area contributed by atoms with E-state index in [0.29, 0.717) is 0 Å². The summed E-state index contributed by atoms with van der Waals surface area (Å²) in [4.78, 5) is 8.69. The maximum absolute atomic E-state index is 4.41. The Kier molecular flexibility index (Phi) is 1.50. The first kappa shape index (κ1) is 7.47. The number of fused-ring (bicyclic) bond motifs is 1. The third kappa shape index (κ3) is 0.951. The molecule has 62 valence electrons. The summed E-state index contributed by atoms with van der Waals surface area (Å²) in [6.07, 6.45) is 2.87. The van der Waals surface area contributed by atoms with Crippen LogP contribution in [0.15, 0.2) is 11.2 Å². The van der Waals surface area contributed by atoms with Crippen molar-refractivity contribution in [1.29, 1.82) is 0 Å². The van der Waals surface area contributed by atoms with Crippen LogP contribution in [0.1, 0.15) is 23.7 Å². The molecule has 2 heterocycles. The molecule has 1 aromatic heterocycles. The third-order valence-corrected chi connectivity index (χ3v) is 2.43. The molecule has 1 aliphatic rings. The predicted octanol–water partition coefficient (Wildman–Crippen LogP) is 2.35. The lowest BCUT2D eigenvalue weighted by atomic mass is 10.0. The molecule has 0 aliphatic carbocycles. The first-order valence-electron chi connectivity index (χ1n) is 4.17. The lowest BCUT2D eigenvalue weighted by Gasteiger charge is -2.03. The molecule has 2 rings (SSSR count). The van der Waals surface area contributed by atoms with Crippen LogP contribution >= 0.6 is 0 Å². The van der Waals surface area contributed by atoms with Crippen LogP contribution in [0.25, 0.3) is 0 Å². The molecule has 0 N–H and O–H groups in total. The van der Waals surface area contributed by atoms with Gasteiger partial charge in [0.15, 0.2) is 0 Å². The van der Waals surface area contributed by atoms with Gasteiger partial charge in [0.1, 0.15) is 0 Å². The molecule has 0 radical (unpaired) electrons. The Morgan fingerprint density at radius 1 is 1.25 bits per heavy atom. The SMILES string of the molecule is CC1=Nc2cnc(C)c(C)c2C1. The summed E-state index contributed by atoms with van der Waals surface area (Å²) in [6, 6.07) is 0. The first-order chi connectivity index (χ1) is 5.68. The Morgan fingerprint density at radius 3 is 2.75 bits per heavy atom. The minimum Gasteiger partial charge on any atom is -0.259 e. The van der Waals surface area contributed by atoms with Crippen molar-refractivity contribution < 1.29 is 0 Å². The van der Waals surface area contributed by atoms with Gasteiger partial charge in [-0.15, -0.1) is 0 Å². The number of pyridine rings is 1. The molecule has 0 spiro atoms. The van der Waals surface area contributed by atoms with Crippen molar-refractivity contribution in [2.45, 2.75) is 27.2 Å². The molecule has 1 aromatic rings. The van der Waals surface area contributed by atoms with Gasteiger partial charge in [-0.1, -0.05) is 0 Å². The van der Waals surface area contributed by atoms with E-state index in [1.54, 1.807) is 0 Å². The van der Waals surface area contributed by atoms with Crippen LogP contribution in [0.4, 0.5) is 5.69 Å². The van der Waals surface area contributed by atoms with Gasteiger partial charge in [0, 0.05) is 17.8 Å². The predicted molar refractivity (Wildman–Crippen MR) is 50.2 cm³/mol. The van der Waals surface area contributed by atoms with Crippen LogP contribution in [-0.2, 0) is 6.42 Å². The van der Waals surface area contributed by atoms with Crippen LogP contribution < -0.4 is 0 Å². The van der Waals surface area contributed by atoms with Crippen molar-refractivity contribution in [3.8, 4) is 0 Å². The van der Waals surface area contributed by atoms with E-state index in [2.05, 4.69) is 23.8 Å². The molecular formula is C10H12N2. The van der Waals surface area contributed by atoms with Crippen LogP contribution in [0.2, 0.25) is 0 Å². The van der Waals surface area contributed by atoms with Crippen molar-refractivity contribution in [3.63, 3.8) is 0 Å². The number of nitrogens with zero attached hydrogens (tertiary/aromatic N) is 2. The molecule has 0 fully saturated rings. The number of aliphatic imine (C=N–C) groups is 1. The summed E-state index contributed by atoms with van der Waals surface area (Å²) in [5.41, 5.74) is 6.04. The molecule has 0 saturated carbocycles. The number of rotatable bonds is 0. The van der Waals surface area contributed by atoms with E-state index in [9.17, 15) is 0 Å². The number of aromatic nitrogens is 1. The monoisotopic (exact) mass is 160 g/mol. The van der Waals surface area contributed by atoms with Gasteiger partial charge < -0.3 is 0 Å². The van der Waals surface area contributed by atoms with E-state index >= 15 is 0 Å². The van der Waals surface area contributed by atoms with E-state index < -0.39 is 0 Å². The van der Waals surface area contributed by atoms with Crippen molar-refractivity contribution in [3.05, 3.63) is 23.0 Å². The van der Waals surface area contributed by atoms with Gasteiger partial charge in [-0.25, -0.2) is 0 Å². The Morgan fingerprint density at radius 2 is 2.00 bits per heavy atom. The molecule has 0 aromatic carbocycles. The van der Waals surface area contributed by atoms with Gasteiger partial charge in [-0.2, -0.15) is 0 Å². The lowest BCUT2D eigenvalue weighted by Crippen LogP contribution is -1.95. The fourth-order valence-electron chi connectivity index (χ4n) is 1.56. The Balaban J connectivity index is 2.61. The normalized spacial score (nSPS) is 14.4. The highest BCUT2D eigenvalue weighted by Crippen LogP contribution is 2.29. The quantitative estimate of drug-likeness (QED) is 0.572. The van der Waals surface area contributed by atoms with Crippen LogP contribution in [0.5, 0.6) is 0 Å². The summed E-state index contributed by atoms with van der Waals surface area (Å²) < 4.78 is 0. The molecule has 0 amide bonds. The maximum Gasteiger partial charge on any atom is 0.0850 e. The molecular weight excluding hydrogens is 148 g/mol. The number of hydrogen-bond donors (Lipinski definition) is 0. The van der Waals surface area contributed by atoms with Gasteiger partial charge in [0.05, 0.1) is 11.9 Å². The molecule has 0 saturated heterocycles. The highest BCUT2D eigenvalue weighted by Gasteiger charge is 2.14. The summed E-state index contributed by atoms with van der Waals surface area (Å²) in [5, 5.41) is 0. The summed E-state index contributed by atoms with van der Waals surface area (Å²) in [5.74, 6) is 0. The minimum absolute atomic E-state index is 1.00. The average molecular weight is 160 g/mol. The van der Waals surface area contributed by atoms with E-state index in [4.69, 9.17) is 0 Å². The Hall–Kier alpha value is -1.18. The molecule has 0 atom stereocenters. The standard InChI is InChI=1S/C10H12N2/c1-6-4-9-7(2)8(3)11-5-10(9)12-6/h5H,4H2,1-3H3. The highest BCUT2D eigenvalue weighted by molar-refractivity contribution is 5.92. The fraction of sp³-hybridized carbons (Fsp3) is 0.400. The first-order valence-corrected chi connectivity index (χ1v) is 4.17. The molecule has 0 unspecified atom stereocenters. The van der Waals surface area contributed by atoms with Crippen molar-refractivity contribution in [1.82, 2.24) is 4.98 Å². The molecule has 0 bridgehead atoms. The van der Waals surface area contributed by atoms with Gasteiger partial charge in [0.25, 0.3) is 0 Å². The summed E-state index contributed by atoms with van der Waals surface area (Å²) in [6.45, 7) is 6.23. The second-order valence-electron chi connectivity index (χ2n) is 3.36. The van der Waals surface area contributed by atoms with Crippen molar-refractivity contribution in [2.75, 3.05) is 0 Å². The second-order valence-corrected chi connectivity index (χ2v) is 3.36. The average Bonchev–Trinajstić information content (AvgIpc) is 2.39. The maximum atomic E-state index is 4.41. The fourth-order valence-corrected chi connectivity index (χ4v) is 1.56. The van der Waals surface area contributed by atoms with E-state index in [0.717, 1.165) is 17.8 Å². The second kappa shape index (κ2) is 2.41. The minimum atomic E-state index is 1.00. The Bertz CT molecular complexity index is 364. The van der Waals surface area contributed by atoms with Crippen molar-refractivity contribution in [2.24, 2.45) is 4.99 Å². The highest BCUT2D eigenvalue weighted by atomic mass is 14.8. The summed E-state index contributed by atoms with van der Waals surface area (Å²) in [7, 11) is 0. The van der Waals surface area contributed by atoms with Crippen LogP contribution in [-0.4, -0.2) is 10.7 Å². The van der Waals surface area contributed by atoms with Crippen molar-refractivity contribution >= 4 is 11.4 Å².